The van der Waals surface area contributed by atoms with Crippen LogP contribution in [-0.4, -0.2) is 0 Å². The van der Waals surface area contributed by atoms with Crippen LogP contribution >= 0.6 is 0 Å². The maximum absolute atomic E-state index is 12.4. The predicted molar refractivity (Wildman–Crippen MR) is 96.3 cm³/mol. The highest BCUT2D eigenvalue weighted by Gasteiger charge is 2.09. The monoisotopic (exact) mass is 302 g/mol. The van der Waals surface area contributed by atoms with Crippen LogP contribution in [0.4, 0.5) is 0 Å². The van der Waals surface area contributed by atoms with Gasteiger partial charge < -0.3 is 4.42 Å². The molecular formula is C21H18O2. The summed E-state index contributed by atoms with van der Waals surface area (Å²) in [7, 11) is 0. The summed E-state index contributed by atoms with van der Waals surface area (Å²) in [6, 6.07) is 16.6. The summed E-state index contributed by atoms with van der Waals surface area (Å²) in [4.78, 5) is 12.4. The Balaban J connectivity index is 2.14. The number of benzene rings is 3. The van der Waals surface area contributed by atoms with Crippen molar-refractivity contribution in [2.75, 3.05) is 0 Å². The minimum Gasteiger partial charge on any atom is -0.422 e. The fraction of sp³-hybridized carbons (Fsp3) is 0.190. The molecule has 0 fully saturated rings. The molecule has 0 radical (unpaired) electrons. The second kappa shape index (κ2) is 5.24. The first-order valence-corrected chi connectivity index (χ1v) is 8.11. The molecule has 1 aromatic heterocycles. The first kappa shape index (κ1) is 14.0. The molecule has 3 aromatic carbocycles. The van der Waals surface area contributed by atoms with Crippen molar-refractivity contribution in [3.63, 3.8) is 0 Å². The van der Waals surface area contributed by atoms with Gasteiger partial charge in [-0.1, -0.05) is 44.2 Å². The minimum atomic E-state index is -0.260. The van der Waals surface area contributed by atoms with Crippen molar-refractivity contribution in [3.8, 4) is 0 Å². The molecule has 2 heteroatoms. The molecule has 4 aromatic rings. The number of rotatable bonds is 2. The van der Waals surface area contributed by atoms with Gasteiger partial charge in [0.25, 0.3) is 0 Å². The normalized spacial score (nSPS) is 11.6. The third kappa shape index (κ3) is 2.22. The molecule has 0 spiro atoms. The molecule has 0 saturated carbocycles. The molecule has 0 aliphatic heterocycles. The average molecular weight is 302 g/mol. The largest absolute Gasteiger partial charge is 0.422 e. The highest BCUT2D eigenvalue weighted by atomic mass is 16.4. The highest BCUT2D eigenvalue weighted by molar-refractivity contribution is 6.09. The third-order valence-corrected chi connectivity index (χ3v) is 4.62. The van der Waals surface area contributed by atoms with Crippen molar-refractivity contribution >= 4 is 32.5 Å². The van der Waals surface area contributed by atoms with E-state index in [0.717, 1.165) is 34.4 Å². The molecule has 0 saturated heterocycles. The van der Waals surface area contributed by atoms with Crippen molar-refractivity contribution in [1.82, 2.24) is 0 Å². The Labute approximate surface area is 134 Å². The zero-order valence-electron chi connectivity index (χ0n) is 13.3. The van der Waals surface area contributed by atoms with Gasteiger partial charge in [-0.15, -0.1) is 0 Å². The van der Waals surface area contributed by atoms with Gasteiger partial charge >= 0.3 is 5.63 Å². The Hall–Kier alpha value is -2.61. The van der Waals surface area contributed by atoms with Crippen LogP contribution in [0.1, 0.15) is 25.0 Å². The van der Waals surface area contributed by atoms with E-state index in [1.165, 1.54) is 11.1 Å². The van der Waals surface area contributed by atoms with E-state index >= 15 is 0 Å². The Bertz CT molecular complexity index is 1100. The first-order chi connectivity index (χ1) is 11.2. The van der Waals surface area contributed by atoms with Crippen molar-refractivity contribution in [3.05, 3.63) is 70.1 Å². The summed E-state index contributed by atoms with van der Waals surface area (Å²) in [5.74, 6) is 0. The van der Waals surface area contributed by atoms with E-state index in [1.807, 2.05) is 12.1 Å². The first-order valence-electron chi connectivity index (χ1n) is 8.11. The van der Waals surface area contributed by atoms with Gasteiger partial charge in [0.2, 0.25) is 0 Å². The lowest BCUT2D eigenvalue weighted by Crippen LogP contribution is -2.00. The molecule has 1 heterocycles. The quantitative estimate of drug-likeness (QED) is 0.288. The van der Waals surface area contributed by atoms with Crippen molar-refractivity contribution in [2.45, 2.75) is 26.7 Å². The molecule has 0 amide bonds. The molecule has 23 heavy (non-hydrogen) atoms. The molecule has 4 rings (SSSR count). The fourth-order valence-corrected chi connectivity index (χ4v) is 3.21. The Morgan fingerprint density at radius 1 is 0.739 bits per heavy atom. The summed E-state index contributed by atoms with van der Waals surface area (Å²) < 4.78 is 5.57. The van der Waals surface area contributed by atoms with Gasteiger partial charge in [-0.05, 0) is 52.9 Å². The predicted octanol–water partition coefficient (Wildman–Crippen LogP) is 5.22. The fourth-order valence-electron chi connectivity index (χ4n) is 3.21. The van der Waals surface area contributed by atoms with Gasteiger partial charge in [0.1, 0.15) is 5.58 Å². The lowest BCUT2D eigenvalue weighted by atomic mass is 9.99. The van der Waals surface area contributed by atoms with Gasteiger partial charge in [-0.25, -0.2) is 4.79 Å². The number of aryl methyl sites for hydroxylation is 2. The van der Waals surface area contributed by atoms with E-state index in [-0.39, 0.29) is 5.63 Å². The van der Waals surface area contributed by atoms with Gasteiger partial charge in [0, 0.05) is 10.8 Å². The molecule has 0 N–H and O–H groups in total. The zero-order valence-corrected chi connectivity index (χ0v) is 13.3. The maximum Gasteiger partial charge on any atom is 0.344 e. The van der Waals surface area contributed by atoms with E-state index in [2.05, 4.69) is 50.2 Å². The van der Waals surface area contributed by atoms with Crippen molar-refractivity contribution < 1.29 is 4.42 Å². The Morgan fingerprint density at radius 3 is 2.22 bits per heavy atom. The number of fused-ring (bicyclic) bond motifs is 4. The van der Waals surface area contributed by atoms with Crippen molar-refractivity contribution in [2.24, 2.45) is 0 Å². The maximum atomic E-state index is 12.4. The zero-order chi connectivity index (χ0) is 16.0. The lowest BCUT2D eigenvalue weighted by molar-refractivity contribution is 0.569. The highest BCUT2D eigenvalue weighted by Crippen LogP contribution is 2.28. The van der Waals surface area contributed by atoms with Gasteiger partial charge in [-0.2, -0.15) is 0 Å². The second-order valence-electron chi connectivity index (χ2n) is 6.01. The average Bonchev–Trinajstić information content (AvgIpc) is 2.59. The minimum absolute atomic E-state index is 0.260. The van der Waals surface area contributed by atoms with E-state index in [1.54, 1.807) is 0 Å². The van der Waals surface area contributed by atoms with Crippen molar-refractivity contribution in [1.29, 1.82) is 0 Å². The van der Waals surface area contributed by atoms with Crippen LogP contribution in [0.25, 0.3) is 32.5 Å². The topological polar surface area (TPSA) is 30.2 Å². The SMILES string of the molecule is CCc1ccc2cc3c(cc2c1)c(=O)oc1cc(CC)ccc13. The third-order valence-electron chi connectivity index (χ3n) is 4.62. The van der Waals surface area contributed by atoms with Crippen LogP contribution in [0.3, 0.4) is 0 Å². The Morgan fingerprint density at radius 2 is 1.43 bits per heavy atom. The molecule has 0 aliphatic carbocycles. The molecule has 0 unspecified atom stereocenters. The van der Waals surface area contributed by atoms with E-state index < -0.39 is 0 Å². The molecule has 0 atom stereocenters. The van der Waals surface area contributed by atoms with Gasteiger partial charge in [0.15, 0.2) is 0 Å². The van der Waals surface area contributed by atoms with E-state index in [0.29, 0.717) is 11.0 Å². The second-order valence-corrected chi connectivity index (χ2v) is 6.01. The molecular weight excluding hydrogens is 284 g/mol. The van der Waals surface area contributed by atoms with Crippen LogP contribution in [0.5, 0.6) is 0 Å². The number of hydrogen-bond donors (Lipinski definition) is 0. The molecule has 0 aliphatic rings. The van der Waals surface area contributed by atoms with Crippen LogP contribution in [0.2, 0.25) is 0 Å². The summed E-state index contributed by atoms with van der Waals surface area (Å²) in [6.45, 7) is 4.23. The molecule has 0 bridgehead atoms. The summed E-state index contributed by atoms with van der Waals surface area (Å²) >= 11 is 0. The lowest BCUT2D eigenvalue weighted by Gasteiger charge is -2.07. The summed E-state index contributed by atoms with van der Waals surface area (Å²) in [5, 5.41) is 4.87. The summed E-state index contributed by atoms with van der Waals surface area (Å²) in [5.41, 5.74) is 2.86. The smallest absolute Gasteiger partial charge is 0.344 e. The van der Waals surface area contributed by atoms with E-state index in [4.69, 9.17) is 4.42 Å². The van der Waals surface area contributed by atoms with Crippen LogP contribution in [0, 0.1) is 0 Å². The molecule has 114 valence electrons. The van der Waals surface area contributed by atoms with Gasteiger partial charge in [-0.3, -0.25) is 0 Å². The molecule has 2 nitrogen and oxygen atoms in total. The van der Waals surface area contributed by atoms with Gasteiger partial charge in [0.05, 0.1) is 5.39 Å². The van der Waals surface area contributed by atoms with Crippen LogP contribution in [0.15, 0.2) is 57.7 Å². The summed E-state index contributed by atoms with van der Waals surface area (Å²) in [6.07, 6.45) is 1.91. The van der Waals surface area contributed by atoms with Crippen LogP contribution in [-0.2, 0) is 12.8 Å². The van der Waals surface area contributed by atoms with E-state index in [9.17, 15) is 4.79 Å². The Kier molecular flexibility index (Phi) is 3.19. The standard InChI is InChI=1S/C21H18O2/c1-3-13-5-7-15-11-18-17-8-6-14(4-2)10-20(17)23-21(22)19(18)12-16(15)9-13/h5-12H,3-4H2,1-2H3. The number of hydrogen-bond acceptors (Lipinski definition) is 2. The van der Waals surface area contributed by atoms with Crippen LogP contribution < -0.4 is 5.63 Å².